The fourth-order valence-electron chi connectivity index (χ4n) is 4.70. The van der Waals surface area contributed by atoms with Gasteiger partial charge in [0.05, 0.1) is 0 Å². The number of carbonyl (C=O) groups is 2. The van der Waals surface area contributed by atoms with E-state index in [1.165, 1.54) is 0 Å². The van der Waals surface area contributed by atoms with E-state index in [2.05, 4.69) is 13.8 Å². The van der Waals surface area contributed by atoms with Crippen LogP contribution in [0.15, 0.2) is 0 Å². The normalized spacial score (nSPS) is 55.6. The van der Waals surface area contributed by atoms with Crippen molar-refractivity contribution >= 4 is 11.6 Å². The number of Topliss-reactive ketones (excluding diaryl/α,β-unsaturated/α-hetero) is 2. The van der Waals surface area contributed by atoms with E-state index in [1.54, 1.807) is 0 Å². The Morgan fingerprint density at radius 1 is 0.929 bits per heavy atom. The first-order chi connectivity index (χ1) is 6.52. The van der Waals surface area contributed by atoms with Crippen molar-refractivity contribution in [2.45, 2.75) is 39.5 Å². The molecule has 3 rings (SSSR count). The Morgan fingerprint density at radius 2 is 1.29 bits per heavy atom. The highest BCUT2D eigenvalue weighted by Crippen LogP contribution is 2.73. The number of carbonyl (C=O) groups excluding carboxylic acids is 2. The van der Waals surface area contributed by atoms with Gasteiger partial charge in [0.2, 0.25) is 0 Å². The van der Waals surface area contributed by atoms with Crippen molar-refractivity contribution in [2.75, 3.05) is 0 Å². The van der Waals surface area contributed by atoms with Crippen LogP contribution in [0.1, 0.15) is 39.5 Å². The van der Waals surface area contributed by atoms with Crippen molar-refractivity contribution in [3.05, 3.63) is 0 Å². The first-order valence-electron chi connectivity index (χ1n) is 5.59. The number of hydrogen-bond donors (Lipinski definition) is 0. The number of hydrogen-bond acceptors (Lipinski definition) is 2. The topological polar surface area (TPSA) is 34.1 Å². The average Bonchev–Trinajstić information content (AvgIpc) is 2.54. The Bertz CT molecular complexity index is 300. The van der Waals surface area contributed by atoms with Crippen LogP contribution in [0.2, 0.25) is 0 Å². The molecule has 76 valence electrons. The zero-order chi connectivity index (χ0) is 10.1. The maximum atomic E-state index is 11.8. The maximum Gasteiger partial charge on any atom is 0.139 e. The van der Waals surface area contributed by atoms with E-state index in [0.717, 1.165) is 12.8 Å². The lowest BCUT2D eigenvalue weighted by molar-refractivity contribution is -0.172. The second kappa shape index (κ2) is 2.12. The third kappa shape index (κ3) is 0.590. The molecule has 3 fully saturated rings. The predicted molar refractivity (Wildman–Crippen MR) is 51.7 cm³/mol. The number of rotatable bonds is 0. The molecular weight excluding hydrogens is 176 g/mol. The van der Waals surface area contributed by atoms with Crippen LogP contribution in [0.25, 0.3) is 0 Å². The number of fused-ring (bicyclic) bond motifs is 4. The van der Waals surface area contributed by atoms with Gasteiger partial charge < -0.3 is 0 Å². The molecule has 14 heavy (non-hydrogen) atoms. The van der Waals surface area contributed by atoms with Gasteiger partial charge in [-0.25, -0.2) is 0 Å². The first-order valence-corrected chi connectivity index (χ1v) is 5.59. The van der Waals surface area contributed by atoms with Gasteiger partial charge in [-0.3, -0.25) is 9.59 Å². The standard InChI is InChI=1S/C12H16O2/c1-11-7(3-5-9(11)13)12(2)8(11)4-6-10(12)14/h7-8H,3-6H2,1-2H3. The molecule has 0 aromatic heterocycles. The fraction of sp³-hybridized carbons (Fsp3) is 0.833. The summed E-state index contributed by atoms with van der Waals surface area (Å²) in [6.07, 6.45) is 3.32. The van der Waals surface area contributed by atoms with Gasteiger partial charge in [-0.1, -0.05) is 13.8 Å². The van der Waals surface area contributed by atoms with Crippen LogP contribution < -0.4 is 0 Å². The lowest BCUT2D eigenvalue weighted by Crippen LogP contribution is -2.61. The van der Waals surface area contributed by atoms with Crippen LogP contribution in [-0.4, -0.2) is 11.6 Å². The molecule has 0 aliphatic heterocycles. The molecule has 0 atom stereocenters. The summed E-state index contributed by atoms with van der Waals surface area (Å²) in [5, 5.41) is 0. The molecule has 3 aliphatic rings. The summed E-state index contributed by atoms with van der Waals surface area (Å²) in [5.41, 5.74) is -0.248. The molecule has 0 radical (unpaired) electrons. The SMILES string of the molecule is CC12C(=O)CCC1C1(C)C(=O)CCC21. The van der Waals surface area contributed by atoms with Crippen LogP contribution in [0.5, 0.6) is 0 Å². The van der Waals surface area contributed by atoms with Crippen molar-refractivity contribution in [3.8, 4) is 0 Å². The molecule has 2 nitrogen and oxygen atoms in total. The van der Waals surface area contributed by atoms with Crippen molar-refractivity contribution in [3.63, 3.8) is 0 Å². The minimum Gasteiger partial charge on any atom is -0.299 e. The first kappa shape index (κ1) is 8.63. The van der Waals surface area contributed by atoms with E-state index in [-0.39, 0.29) is 10.8 Å². The molecule has 0 aromatic carbocycles. The Labute approximate surface area is 84.1 Å². The van der Waals surface area contributed by atoms with E-state index in [0.29, 0.717) is 36.2 Å². The van der Waals surface area contributed by atoms with Crippen molar-refractivity contribution < 1.29 is 9.59 Å². The maximum absolute atomic E-state index is 11.8. The minimum absolute atomic E-state index is 0.124. The average molecular weight is 192 g/mol. The second-order valence-corrected chi connectivity index (χ2v) is 5.59. The minimum atomic E-state index is -0.124. The molecule has 0 saturated heterocycles. The molecule has 0 N–H and O–H groups in total. The highest BCUT2D eigenvalue weighted by Gasteiger charge is 2.75. The predicted octanol–water partition coefficient (Wildman–Crippen LogP) is 1.97. The smallest absolute Gasteiger partial charge is 0.139 e. The lowest BCUT2D eigenvalue weighted by Gasteiger charge is -2.59. The third-order valence-corrected chi connectivity index (χ3v) is 5.42. The quantitative estimate of drug-likeness (QED) is 0.588. The largest absolute Gasteiger partial charge is 0.299 e. The third-order valence-electron chi connectivity index (χ3n) is 5.42. The van der Waals surface area contributed by atoms with Gasteiger partial charge >= 0.3 is 0 Å². The molecule has 0 amide bonds. The second-order valence-electron chi connectivity index (χ2n) is 5.59. The molecule has 0 unspecified atom stereocenters. The Kier molecular flexibility index (Phi) is 1.31. The van der Waals surface area contributed by atoms with Gasteiger partial charge in [-0.05, 0) is 24.7 Å². The Hall–Kier alpha value is -0.660. The van der Waals surface area contributed by atoms with Gasteiger partial charge in [0.1, 0.15) is 11.6 Å². The summed E-state index contributed by atoms with van der Waals surface area (Å²) in [4.78, 5) is 23.7. The highest BCUT2D eigenvalue weighted by atomic mass is 16.1. The van der Waals surface area contributed by atoms with E-state index in [1.807, 2.05) is 0 Å². The van der Waals surface area contributed by atoms with Crippen LogP contribution in [0, 0.1) is 22.7 Å². The van der Waals surface area contributed by atoms with Crippen LogP contribution in [-0.2, 0) is 9.59 Å². The summed E-state index contributed by atoms with van der Waals surface area (Å²) < 4.78 is 0. The zero-order valence-electron chi connectivity index (χ0n) is 8.80. The van der Waals surface area contributed by atoms with E-state index in [9.17, 15) is 9.59 Å². The van der Waals surface area contributed by atoms with Crippen LogP contribution in [0.3, 0.4) is 0 Å². The molecule has 0 heterocycles. The lowest BCUT2D eigenvalue weighted by atomic mass is 9.42. The molecule has 0 aromatic rings. The Balaban J connectivity index is 2.08. The Morgan fingerprint density at radius 3 is 1.64 bits per heavy atom. The van der Waals surface area contributed by atoms with Crippen LogP contribution in [0.4, 0.5) is 0 Å². The summed E-state index contributed by atoms with van der Waals surface area (Å²) >= 11 is 0. The molecule has 3 aliphatic carbocycles. The monoisotopic (exact) mass is 192 g/mol. The summed E-state index contributed by atoms with van der Waals surface area (Å²) in [6, 6.07) is 0. The van der Waals surface area contributed by atoms with Gasteiger partial charge in [0, 0.05) is 23.7 Å². The van der Waals surface area contributed by atoms with Gasteiger partial charge in [-0.15, -0.1) is 0 Å². The van der Waals surface area contributed by atoms with E-state index < -0.39 is 0 Å². The van der Waals surface area contributed by atoms with Gasteiger partial charge in [-0.2, -0.15) is 0 Å². The summed E-state index contributed by atoms with van der Waals surface area (Å²) in [7, 11) is 0. The van der Waals surface area contributed by atoms with E-state index >= 15 is 0 Å². The van der Waals surface area contributed by atoms with Crippen molar-refractivity contribution in [1.29, 1.82) is 0 Å². The molecule has 2 heteroatoms. The zero-order valence-corrected chi connectivity index (χ0v) is 8.80. The molecular formula is C12H16O2. The fourth-order valence-corrected chi connectivity index (χ4v) is 4.70. The van der Waals surface area contributed by atoms with Crippen LogP contribution >= 0.6 is 0 Å². The number of ketones is 2. The highest BCUT2D eigenvalue weighted by molar-refractivity contribution is 5.97. The van der Waals surface area contributed by atoms with Crippen molar-refractivity contribution in [1.82, 2.24) is 0 Å². The summed E-state index contributed by atoms with van der Waals surface area (Å²) in [5.74, 6) is 1.56. The van der Waals surface area contributed by atoms with E-state index in [4.69, 9.17) is 0 Å². The molecule has 0 spiro atoms. The summed E-state index contributed by atoms with van der Waals surface area (Å²) in [6.45, 7) is 4.19. The molecule has 3 saturated carbocycles. The van der Waals surface area contributed by atoms with Crippen molar-refractivity contribution in [2.24, 2.45) is 22.7 Å². The van der Waals surface area contributed by atoms with Gasteiger partial charge in [0.15, 0.2) is 0 Å². The van der Waals surface area contributed by atoms with Gasteiger partial charge in [0.25, 0.3) is 0 Å². The molecule has 0 bridgehead atoms.